The zero-order valence-corrected chi connectivity index (χ0v) is 12.6. The molecule has 0 unspecified atom stereocenters. The van der Waals surface area contributed by atoms with Gasteiger partial charge in [-0.15, -0.1) is 0 Å². The molecule has 8 nitrogen and oxygen atoms in total. The van der Waals surface area contributed by atoms with Crippen LogP contribution in [0.25, 0.3) is 0 Å². The van der Waals surface area contributed by atoms with Gasteiger partial charge in [-0.05, 0) is 0 Å². The van der Waals surface area contributed by atoms with Crippen LogP contribution < -0.4 is 11.2 Å². The van der Waals surface area contributed by atoms with Gasteiger partial charge < -0.3 is 14.9 Å². The maximum Gasteiger partial charge on any atom is 0.331 e. The van der Waals surface area contributed by atoms with Crippen LogP contribution in [0.1, 0.15) is 16.8 Å². The van der Waals surface area contributed by atoms with E-state index in [1.165, 1.54) is 12.1 Å². The van der Waals surface area contributed by atoms with Gasteiger partial charge in [0.2, 0.25) is 11.5 Å². The number of ketones is 1. The molecule has 1 aliphatic heterocycles. The third kappa shape index (κ3) is 2.50. The van der Waals surface area contributed by atoms with Crippen LogP contribution in [0, 0.1) is 0 Å². The third-order valence-corrected chi connectivity index (χ3v) is 4.03. The zero-order valence-electron chi connectivity index (χ0n) is 12.6. The number of Topliss-reactive ketones (excluding diaryl/α,β-unsaturated/α-hetero) is 1. The Morgan fingerprint density at radius 2 is 2.00 bits per heavy atom. The molecular formula is C16H16N2O6. The number of carbonyl (C=O) groups is 1. The molecule has 2 heterocycles. The van der Waals surface area contributed by atoms with Crippen LogP contribution in [-0.2, 0) is 10.5 Å². The van der Waals surface area contributed by atoms with Crippen molar-refractivity contribution >= 4 is 5.78 Å². The fraction of sp³-hybridized carbons (Fsp3) is 0.312. The molecular weight excluding hydrogens is 316 g/mol. The molecule has 24 heavy (non-hydrogen) atoms. The van der Waals surface area contributed by atoms with Gasteiger partial charge in [-0.2, -0.15) is 0 Å². The quantitative estimate of drug-likeness (QED) is 0.631. The first kappa shape index (κ1) is 16.3. The number of carbonyl (C=O) groups excluding carboxylic acids is 1. The number of ether oxygens (including phenoxy) is 1. The van der Waals surface area contributed by atoms with Crippen molar-refractivity contribution in [2.24, 2.45) is 0 Å². The number of aromatic amines is 1. The Kier molecular flexibility index (Phi) is 4.18. The minimum Gasteiger partial charge on any atom is -0.394 e. The SMILES string of the molecule is O=C(c1ccccc1)[C@@]1(n2ccc(=O)[nH]c2=O)O[C@H](CO)C[C@H]1O. The topological polar surface area (TPSA) is 122 Å². The van der Waals surface area contributed by atoms with Crippen LogP contribution >= 0.6 is 0 Å². The van der Waals surface area contributed by atoms with Crippen molar-refractivity contribution in [2.45, 2.75) is 24.4 Å². The molecule has 126 valence electrons. The number of aliphatic hydroxyl groups excluding tert-OH is 2. The molecule has 0 bridgehead atoms. The van der Waals surface area contributed by atoms with E-state index in [-0.39, 0.29) is 12.0 Å². The summed E-state index contributed by atoms with van der Waals surface area (Å²) in [5.74, 6) is -0.638. The first-order valence-corrected chi connectivity index (χ1v) is 7.38. The van der Waals surface area contributed by atoms with Crippen molar-refractivity contribution < 1.29 is 19.7 Å². The number of hydrogen-bond acceptors (Lipinski definition) is 6. The highest BCUT2D eigenvalue weighted by molar-refractivity contribution is 6.01. The van der Waals surface area contributed by atoms with Gasteiger partial charge in [0, 0.05) is 24.2 Å². The first-order chi connectivity index (χ1) is 11.5. The maximum absolute atomic E-state index is 13.1. The van der Waals surface area contributed by atoms with Crippen LogP contribution in [0.4, 0.5) is 0 Å². The van der Waals surface area contributed by atoms with E-state index in [0.29, 0.717) is 0 Å². The lowest BCUT2D eigenvalue weighted by Crippen LogP contribution is -2.55. The number of rotatable bonds is 4. The number of aromatic nitrogens is 2. The fourth-order valence-electron chi connectivity index (χ4n) is 2.91. The number of benzene rings is 1. The van der Waals surface area contributed by atoms with Crippen LogP contribution in [0.3, 0.4) is 0 Å². The lowest BCUT2D eigenvalue weighted by molar-refractivity contribution is -0.117. The Labute approximate surface area is 136 Å². The van der Waals surface area contributed by atoms with E-state index in [0.717, 1.165) is 16.8 Å². The van der Waals surface area contributed by atoms with Crippen molar-refractivity contribution in [3.8, 4) is 0 Å². The molecule has 0 spiro atoms. The number of nitrogens with one attached hydrogen (secondary N) is 1. The average Bonchev–Trinajstić information content (AvgIpc) is 2.92. The van der Waals surface area contributed by atoms with Crippen molar-refractivity contribution in [1.29, 1.82) is 0 Å². The summed E-state index contributed by atoms with van der Waals surface area (Å²) in [6, 6.07) is 9.12. The van der Waals surface area contributed by atoms with Gasteiger partial charge in [-0.1, -0.05) is 30.3 Å². The maximum atomic E-state index is 13.1. The number of aliphatic hydroxyl groups is 2. The van der Waals surface area contributed by atoms with Gasteiger partial charge in [0.15, 0.2) is 0 Å². The van der Waals surface area contributed by atoms with Crippen molar-refractivity contribution in [1.82, 2.24) is 9.55 Å². The molecule has 1 fully saturated rings. The highest BCUT2D eigenvalue weighted by Gasteiger charge is 2.56. The summed E-state index contributed by atoms with van der Waals surface area (Å²) in [6.45, 7) is -0.418. The van der Waals surface area contributed by atoms with E-state index in [1.54, 1.807) is 18.2 Å². The molecule has 3 rings (SSSR count). The number of nitrogens with zero attached hydrogens (tertiary/aromatic N) is 1. The van der Waals surface area contributed by atoms with E-state index in [4.69, 9.17) is 4.74 Å². The van der Waals surface area contributed by atoms with Gasteiger partial charge in [0.1, 0.15) is 6.10 Å². The summed E-state index contributed by atoms with van der Waals surface area (Å²) in [6.07, 6.45) is -1.11. The summed E-state index contributed by atoms with van der Waals surface area (Å²) >= 11 is 0. The van der Waals surface area contributed by atoms with Gasteiger partial charge in [0.25, 0.3) is 5.56 Å². The van der Waals surface area contributed by atoms with Gasteiger partial charge in [-0.25, -0.2) is 4.79 Å². The second-order valence-corrected chi connectivity index (χ2v) is 5.55. The van der Waals surface area contributed by atoms with Crippen molar-refractivity contribution in [3.63, 3.8) is 0 Å². The predicted molar refractivity (Wildman–Crippen MR) is 82.7 cm³/mol. The summed E-state index contributed by atoms with van der Waals surface area (Å²) in [5, 5.41) is 19.8. The van der Waals surface area contributed by atoms with Gasteiger partial charge in [0.05, 0.1) is 12.7 Å². The smallest absolute Gasteiger partial charge is 0.331 e. The lowest BCUT2D eigenvalue weighted by atomic mass is 9.94. The predicted octanol–water partition coefficient (Wildman–Crippen LogP) is -0.786. The Balaban J connectivity index is 2.21. The molecule has 0 aliphatic carbocycles. The monoisotopic (exact) mass is 332 g/mol. The molecule has 1 saturated heterocycles. The molecule has 8 heteroatoms. The Bertz CT molecular complexity index is 859. The van der Waals surface area contributed by atoms with Gasteiger partial charge in [-0.3, -0.25) is 19.1 Å². The fourth-order valence-corrected chi connectivity index (χ4v) is 2.91. The van der Waals surface area contributed by atoms with Gasteiger partial charge >= 0.3 is 5.69 Å². The molecule has 1 aromatic carbocycles. The molecule has 1 aliphatic rings. The highest BCUT2D eigenvalue weighted by Crippen LogP contribution is 2.37. The van der Waals surface area contributed by atoms with E-state index in [9.17, 15) is 24.6 Å². The standard InChI is InChI=1S/C16H16N2O6/c19-9-11-8-12(20)16(24-11,14(22)10-4-2-1-3-5-10)18-7-6-13(21)17-15(18)23/h1-7,11-12,19-20H,8-9H2,(H,17,21,23)/t11-,12+,16-/m0/s1. The summed E-state index contributed by atoms with van der Waals surface area (Å²) < 4.78 is 6.49. The minimum absolute atomic E-state index is 0.0271. The second-order valence-electron chi connectivity index (χ2n) is 5.55. The van der Waals surface area contributed by atoms with E-state index < -0.39 is 41.6 Å². The zero-order chi connectivity index (χ0) is 17.3. The normalized spacial score (nSPS) is 26.4. The molecule has 1 aromatic heterocycles. The number of hydrogen-bond donors (Lipinski definition) is 3. The minimum atomic E-state index is -2.05. The van der Waals surface area contributed by atoms with Crippen LogP contribution in [0.15, 0.2) is 52.2 Å². The molecule has 2 aromatic rings. The van der Waals surface area contributed by atoms with Crippen LogP contribution in [0.2, 0.25) is 0 Å². The first-order valence-electron chi connectivity index (χ1n) is 7.38. The molecule has 3 N–H and O–H groups in total. The Hall–Kier alpha value is -2.55. The summed E-state index contributed by atoms with van der Waals surface area (Å²) in [4.78, 5) is 38.6. The molecule has 0 saturated carbocycles. The highest BCUT2D eigenvalue weighted by atomic mass is 16.6. The molecule has 3 atom stereocenters. The molecule has 0 amide bonds. The van der Waals surface area contributed by atoms with Crippen molar-refractivity contribution in [3.05, 3.63) is 69.0 Å². The second kappa shape index (κ2) is 6.16. The van der Waals surface area contributed by atoms with E-state index in [2.05, 4.69) is 0 Å². The Morgan fingerprint density at radius 1 is 1.29 bits per heavy atom. The lowest BCUT2D eigenvalue weighted by Gasteiger charge is -2.32. The summed E-state index contributed by atoms with van der Waals surface area (Å²) in [5.41, 5.74) is -3.34. The van der Waals surface area contributed by atoms with Crippen LogP contribution in [-0.4, -0.2) is 44.4 Å². The van der Waals surface area contributed by atoms with Crippen LogP contribution in [0.5, 0.6) is 0 Å². The summed E-state index contributed by atoms with van der Waals surface area (Å²) in [7, 11) is 0. The Morgan fingerprint density at radius 3 is 2.58 bits per heavy atom. The third-order valence-electron chi connectivity index (χ3n) is 4.03. The molecule has 0 radical (unpaired) electrons. The van der Waals surface area contributed by atoms with E-state index in [1.807, 2.05) is 4.98 Å². The largest absolute Gasteiger partial charge is 0.394 e. The average molecular weight is 332 g/mol. The van der Waals surface area contributed by atoms with E-state index >= 15 is 0 Å². The number of H-pyrrole nitrogens is 1. The van der Waals surface area contributed by atoms with Crippen molar-refractivity contribution in [2.75, 3.05) is 6.61 Å².